The number of alkyl halides is 3. The molecule has 0 spiro atoms. The van der Waals surface area contributed by atoms with Crippen LogP contribution in [0.3, 0.4) is 0 Å². The highest BCUT2D eigenvalue weighted by atomic mass is 19.4. The number of aryl methyl sites for hydroxylation is 1. The fourth-order valence-corrected chi connectivity index (χ4v) is 6.04. The lowest BCUT2D eigenvalue weighted by atomic mass is 9.93. The maximum atomic E-state index is 15.9. The number of fused-ring (bicyclic) bond motifs is 3. The number of rotatable bonds is 7. The number of benzene rings is 6. The zero-order valence-electron chi connectivity index (χ0n) is 25.4. The van der Waals surface area contributed by atoms with Gasteiger partial charge in [-0.3, -0.25) is 0 Å². The zero-order valence-corrected chi connectivity index (χ0v) is 25.4. The number of hydrogen-bond acceptors (Lipinski definition) is 0. The average Bonchev–Trinajstić information content (AvgIpc) is 3.02. The Morgan fingerprint density at radius 3 is 2.04 bits per heavy atom. The quantitative estimate of drug-likeness (QED) is 0.0905. The van der Waals surface area contributed by atoms with Gasteiger partial charge in [-0.1, -0.05) is 74.6 Å². The lowest BCUT2D eigenvalue weighted by Gasteiger charge is -2.13. The molecule has 0 heterocycles. The molecule has 6 rings (SSSR count). The summed E-state index contributed by atoms with van der Waals surface area (Å²) in [6.07, 6.45) is 0.304. The average molecular weight is 665 g/mol. The third-order valence-corrected chi connectivity index (χ3v) is 8.38. The summed E-state index contributed by atoms with van der Waals surface area (Å²) < 4.78 is 129. The van der Waals surface area contributed by atoms with Gasteiger partial charge in [0.1, 0.15) is 29.1 Å². The van der Waals surface area contributed by atoms with Crippen molar-refractivity contribution in [1.82, 2.24) is 0 Å². The van der Waals surface area contributed by atoms with Crippen molar-refractivity contribution in [1.29, 1.82) is 0 Å². The molecule has 48 heavy (non-hydrogen) atoms. The first-order valence-corrected chi connectivity index (χ1v) is 15.2. The van der Waals surface area contributed by atoms with E-state index in [2.05, 4.69) is 6.92 Å². The van der Waals surface area contributed by atoms with E-state index in [1.165, 1.54) is 24.1 Å². The Balaban J connectivity index is 1.38. The zero-order chi connectivity index (χ0) is 34.3. The number of hydrogen-bond donors (Lipinski definition) is 0. The van der Waals surface area contributed by atoms with E-state index in [9.17, 15) is 22.0 Å². The summed E-state index contributed by atoms with van der Waals surface area (Å²) in [6, 6.07) is 16.3. The lowest BCUT2D eigenvalue weighted by Crippen LogP contribution is -2.03. The Kier molecular flexibility index (Phi) is 8.86. The molecular formula is C39H25F9. The molecular weight excluding hydrogens is 639 g/mol. The van der Waals surface area contributed by atoms with Gasteiger partial charge in [0, 0.05) is 22.3 Å². The standard InChI is InChI=1S/C39H25F9/c1-2-3-4-5-6-21-7-10-27-22(15-21)8-11-28(36(27)43)23-9-12-29-24(16-23)18-32(41)34(37(29)44)26-17-25-19-31(40)30(13-14-39(46,47)48)38(45)35(25)33(42)20-26/h7-12,15-20H,2-6H2,1H3. The van der Waals surface area contributed by atoms with Crippen molar-refractivity contribution in [3.8, 4) is 34.1 Å². The molecule has 0 N–H and O–H groups in total. The second kappa shape index (κ2) is 12.9. The third kappa shape index (κ3) is 6.32. The fraction of sp³-hybridized carbons (Fsp3) is 0.179. The predicted octanol–water partition coefficient (Wildman–Crippen LogP) is 12.4. The van der Waals surface area contributed by atoms with Crippen molar-refractivity contribution < 1.29 is 39.5 Å². The van der Waals surface area contributed by atoms with Crippen LogP contribution in [-0.4, -0.2) is 6.18 Å². The molecule has 0 atom stereocenters. The maximum Gasteiger partial charge on any atom is 0.458 e. The summed E-state index contributed by atoms with van der Waals surface area (Å²) in [7, 11) is 0. The Hall–Kier alpha value is -4.97. The highest BCUT2D eigenvalue weighted by Gasteiger charge is 2.25. The molecule has 0 bridgehead atoms. The third-order valence-electron chi connectivity index (χ3n) is 8.38. The van der Waals surface area contributed by atoms with Crippen LogP contribution in [0.25, 0.3) is 54.6 Å². The van der Waals surface area contributed by atoms with Crippen LogP contribution in [0.15, 0.2) is 72.8 Å². The summed E-state index contributed by atoms with van der Waals surface area (Å²) in [5, 5.41) is -0.234. The molecule has 0 radical (unpaired) electrons. The minimum Gasteiger partial charge on any atom is -0.206 e. The minimum absolute atomic E-state index is 0.0828. The molecule has 6 aromatic rings. The van der Waals surface area contributed by atoms with Crippen LogP contribution in [0, 0.1) is 46.7 Å². The first kappa shape index (κ1) is 33.0. The van der Waals surface area contributed by atoms with Gasteiger partial charge in [0.15, 0.2) is 5.82 Å². The smallest absolute Gasteiger partial charge is 0.206 e. The van der Waals surface area contributed by atoms with Crippen molar-refractivity contribution in [2.24, 2.45) is 0 Å². The van der Waals surface area contributed by atoms with E-state index in [4.69, 9.17) is 0 Å². The Morgan fingerprint density at radius 2 is 1.29 bits per heavy atom. The van der Waals surface area contributed by atoms with Crippen molar-refractivity contribution in [3.63, 3.8) is 0 Å². The summed E-state index contributed by atoms with van der Waals surface area (Å²) in [4.78, 5) is 0. The predicted molar refractivity (Wildman–Crippen MR) is 170 cm³/mol. The topological polar surface area (TPSA) is 0 Å². The van der Waals surface area contributed by atoms with Crippen LogP contribution in [0.4, 0.5) is 39.5 Å². The van der Waals surface area contributed by atoms with Crippen LogP contribution in [0.1, 0.15) is 43.7 Å². The highest BCUT2D eigenvalue weighted by molar-refractivity contribution is 5.96. The fourth-order valence-electron chi connectivity index (χ4n) is 6.04. The molecule has 0 saturated heterocycles. The first-order chi connectivity index (χ1) is 22.9. The van der Waals surface area contributed by atoms with Gasteiger partial charge in [0.2, 0.25) is 0 Å². The SMILES string of the molecule is CCCCCCc1ccc2c(F)c(-c3ccc4c(F)c(-c5cc(F)c6c(F)c(C#CC(F)(F)F)c(F)cc6c5)c(F)cc4c3)ccc2c1. The first-order valence-electron chi connectivity index (χ1n) is 15.2. The molecule has 0 aromatic heterocycles. The van der Waals surface area contributed by atoms with E-state index in [1.54, 1.807) is 18.2 Å². The number of halogens is 9. The van der Waals surface area contributed by atoms with E-state index in [0.717, 1.165) is 61.1 Å². The molecule has 0 saturated carbocycles. The van der Waals surface area contributed by atoms with Gasteiger partial charge in [0.25, 0.3) is 0 Å². The second-order valence-corrected chi connectivity index (χ2v) is 11.6. The van der Waals surface area contributed by atoms with Crippen molar-refractivity contribution >= 4 is 32.3 Å². The molecule has 6 aromatic carbocycles. The largest absolute Gasteiger partial charge is 0.458 e. The Morgan fingerprint density at radius 1 is 0.583 bits per heavy atom. The molecule has 0 amide bonds. The van der Waals surface area contributed by atoms with Gasteiger partial charge in [-0.15, -0.1) is 0 Å². The van der Waals surface area contributed by atoms with Crippen molar-refractivity contribution in [3.05, 3.63) is 119 Å². The minimum atomic E-state index is -5.05. The van der Waals surface area contributed by atoms with E-state index in [0.29, 0.717) is 23.1 Å². The summed E-state index contributed by atoms with van der Waals surface area (Å²) in [5.41, 5.74) is -0.691. The van der Waals surface area contributed by atoms with Crippen LogP contribution in [0.2, 0.25) is 0 Å². The Labute approximate surface area is 269 Å². The normalized spacial score (nSPS) is 11.8. The van der Waals surface area contributed by atoms with Crippen molar-refractivity contribution in [2.75, 3.05) is 0 Å². The Bertz CT molecular complexity index is 2290. The van der Waals surface area contributed by atoms with Crippen molar-refractivity contribution in [2.45, 2.75) is 45.2 Å². The van der Waals surface area contributed by atoms with Gasteiger partial charge >= 0.3 is 6.18 Å². The van der Waals surface area contributed by atoms with E-state index >= 15 is 17.6 Å². The van der Waals surface area contributed by atoms with Gasteiger partial charge in [0.05, 0.1) is 16.5 Å². The summed E-state index contributed by atoms with van der Waals surface area (Å²) in [5.74, 6) is -5.23. The molecule has 0 unspecified atom stereocenters. The second-order valence-electron chi connectivity index (χ2n) is 11.6. The van der Waals surface area contributed by atoms with E-state index in [-0.39, 0.29) is 16.3 Å². The van der Waals surface area contributed by atoms with Gasteiger partial charge in [-0.05, 0) is 76.0 Å². The van der Waals surface area contributed by atoms with Gasteiger partial charge < -0.3 is 0 Å². The van der Waals surface area contributed by atoms with Crippen LogP contribution in [0.5, 0.6) is 0 Å². The molecule has 0 aliphatic rings. The molecule has 244 valence electrons. The molecule has 0 aliphatic heterocycles. The van der Waals surface area contributed by atoms with Gasteiger partial charge in [-0.2, -0.15) is 13.2 Å². The molecule has 0 nitrogen and oxygen atoms in total. The number of unbranched alkanes of at least 4 members (excludes halogenated alkanes) is 3. The maximum absolute atomic E-state index is 15.9. The molecule has 0 aliphatic carbocycles. The molecule has 0 fully saturated rings. The van der Waals surface area contributed by atoms with Crippen LogP contribution >= 0.6 is 0 Å². The van der Waals surface area contributed by atoms with Crippen LogP contribution in [-0.2, 0) is 6.42 Å². The van der Waals surface area contributed by atoms with E-state index in [1.807, 2.05) is 12.1 Å². The van der Waals surface area contributed by atoms with Crippen LogP contribution < -0.4 is 0 Å². The molecule has 9 heteroatoms. The monoisotopic (exact) mass is 664 g/mol. The summed E-state index contributed by atoms with van der Waals surface area (Å²) in [6.45, 7) is 2.14. The van der Waals surface area contributed by atoms with E-state index < -0.39 is 68.5 Å². The highest BCUT2D eigenvalue weighted by Crippen LogP contribution is 2.38. The summed E-state index contributed by atoms with van der Waals surface area (Å²) >= 11 is 0. The lowest BCUT2D eigenvalue weighted by molar-refractivity contribution is -0.0696. The van der Waals surface area contributed by atoms with Gasteiger partial charge in [-0.25, -0.2) is 26.3 Å².